The second-order valence-corrected chi connectivity index (χ2v) is 4.48. The van der Waals surface area contributed by atoms with E-state index in [4.69, 9.17) is 5.73 Å². The third-order valence-corrected chi connectivity index (χ3v) is 2.99. The first-order valence-corrected chi connectivity index (χ1v) is 6.18. The van der Waals surface area contributed by atoms with E-state index in [2.05, 4.69) is 21.9 Å². The van der Waals surface area contributed by atoms with E-state index in [1.807, 2.05) is 31.6 Å². The summed E-state index contributed by atoms with van der Waals surface area (Å²) in [5.41, 5.74) is 9.10. The molecule has 2 N–H and O–H groups in total. The molecule has 0 aliphatic rings. The van der Waals surface area contributed by atoms with Crippen LogP contribution in [0, 0.1) is 6.92 Å². The van der Waals surface area contributed by atoms with Crippen LogP contribution in [0.15, 0.2) is 30.9 Å². The Labute approximate surface area is 107 Å². The van der Waals surface area contributed by atoms with Crippen molar-refractivity contribution in [3.8, 4) is 11.4 Å². The van der Waals surface area contributed by atoms with Crippen molar-refractivity contribution in [2.24, 2.45) is 5.73 Å². The number of nitrogens with two attached hydrogens (primary N) is 1. The molecule has 0 spiro atoms. The lowest BCUT2D eigenvalue weighted by Crippen LogP contribution is -2.21. The summed E-state index contributed by atoms with van der Waals surface area (Å²) in [6.45, 7) is 4.09. The highest BCUT2D eigenvalue weighted by Gasteiger charge is 2.06. The molecule has 4 nitrogen and oxygen atoms in total. The molecule has 0 fully saturated rings. The number of aromatic nitrogens is 3. The van der Waals surface area contributed by atoms with Crippen LogP contribution in [0.5, 0.6) is 0 Å². The summed E-state index contributed by atoms with van der Waals surface area (Å²) >= 11 is 0. The van der Waals surface area contributed by atoms with Crippen LogP contribution in [-0.4, -0.2) is 21.0 Å². The molecule has 2 rings (SSSR count). The summed E-state index contributed by atoms with van der Waals surface area (Å²) in [4.78, 5) is 12.9. The molecule has 1 atom stereocenters. The smallest absolute Gasteiger partial charge is 0.159 e. The average Bonchev–Trinajstić information content (AvgIpc) is 2.40. The van der Waals surface area contributed by atoms with E-state index in [1.54, 1.807) is 6.20 Å². The van der Waals surface area contributed by atoms with E-state index in [-0.39, 0.29) is 6.04 Å². The molecular formula is C14H18N4. The number of rotatable bonds is 4. The van der Waals surface area contributed by atoms with Gasteiger partial charge in [0.25, 0.3) is 0 Å². The Morgan fingerprint density at radius 1 is 1.22 bits per heavy atom. The van der Waals surface area contributed by atoms with Gasteiger partial charge < -0.3 is 5.73 Å². The SMILES string of the molecule is CCC(N)Cc1cnc(-c2ccncc2C)nc1. The van der Waals surface area contributed by atoms with Gasteiger partial charge in [0, 0.05) is 36.4 Å². The highest BCUT2D eigenvalue weighted by Crippen LogP contribution is 2.17. The normalized spacial score (nSPS) is 12.4. The monoisotopic (exact) mass is 242 g/mol. The van der Waals surface area contributed by atoms with Crippen molar-refractivity contribution >= 4 is 0 Å². The van der Waals surface area contributed by atoms with Gasteiger partial charge in [0.1, 0.15) is 0 Å². The number of hydrogen-bond acceptors (Lipinski definition) is 4. The minimum Gasteiger partial charge on any atom is -0.327 e. The molecule has 2 aromatic rings. The van der Waals surface area contributed by atoms with E-state index in [1.165, 1.54) is 0 Å². The zero-order chi connectivity index (χ0) is 13.0. The predicted octanol–water partition coefficient (Wildman–Crippen LogP) is 2.13. The molecule has 0 bridgehead atoms. The lowest BCUT2D eigenvalue weighted by atomic mass is 10.1. The van der Waals surface area contributed by atoms with Crippen LogP contribution in [0.4, 0.5) is 0 Å². The van der Waals surface area contributed by atoms with Crippen LogP contribution in [0.25, 0.3) is 11.4 Å². The van der Waals surface area contributed by atoms with Crippen molar-refractivity contribution in [3.05, 3.63) is 42.0 Å². The van der Waals surface area contributed by atoms with Crippen molar-refractivity contribution in [2.45, 2.75) is 32.7 Å². The second kappa shape index (κ2) is 5.69. The first-order valence-electron chi connectivity index (χ1n) is 6.18. The molecule has 0 saturated heterocycles. The van der Waals surface area contributed by atoms with E-state index in [0.717, 1.165) is 35.4 Å². The first-order chi connectivity index (χ1) is 8.70. The number of nitrogens with zero attached hydrogens (tertiary/aromatic N) is 3. The second-order valence-electron chi connectivity index (χ2n) is 4.48. The fourth-order valence-corrected chi connectivity index (χ4v) is 1.77. The lowest BCUT2D eigenvalue weighted by Gasteiger charge is -2.08. The Hall–Kier alpha value is -1.81. The number of aryl methyl sites for hydroxylation is 1. The van der Waals surface area contributed by atoms with Gasteiger partial charge in [0.05, 0.1) is 0 Å². The van der Waals surface area contributed by atoms with Gasteiger partial charge in [-0.3, -0.25) is 4.98 Å². The van der Waals surface area contributed by atoms with E-state index < -0.39 is 0 Å². The van der Waals surface area contributed by atoms with Gasteiger partial charge in [-0.1, -0.05) is 6.92 Å². The highest BCUT2D eigenvalue weighted by molar-refractivity contribution is 5.58. The molecular weight excluding hydrogens is 224 g/mol. The van der Waals surface area contributed by atoms with Gasteiger partial charge in [-0.05, 0) is 37.0 Å². The van der Waals surface area contributed by atoms with Gasteiger partial charge in [0.2, 0.25) is 0 Å². The van der Waals surface area contributed by atoms with Gasteiger partial charge >= 0.3 is 0 Å². The van der Waals surface area contributed by atoms with Crippen LogP contribution in [0.2, 0.25) is 0 Å². The Bertz CT molecular complexity index is 507. The molecule has 4 heteroatoms. The lowest BCUT2D eigenvalue weighted by molar-refractivity contribution is 0.643. The maximum absolute atomic E-state index is 5.91. The zero-order valence-electron chi connectivity index (χ0n) is 10.8. The summed E-state index contributed by atoms with van der Waals surface area (Å²) in [5, 5.41) is 0. The van der Waals surface area contributed by atoms with Gasteiger partial charge in [0.15, 0.2) is 5.82 Å². The Morgan fingerprint density at radius 3 is 2.56 bits per heavy atom. The topological polar surface area (TPSA) is 64.7 Å². The zero-order valence-corrected chi connectivity index (χ0v) is 10.8. The molecule has 0 aromatic carbocycles. The van der Waals surface area contributed by atoms with Gasteiger partial charge in [-0.2, -0.15) is 0 Å². The summed E-state index contributed by atoms with van der Waals surface area (Å²) in [6, 6.07) is 2.12. The fraction of sp³-hybridized carbons (Fsp3) is 0.357. The Morgan fingerprint density at radius 2 is 1.94 bits per heavy atom. The third-order valence-electron chi connectivity index (χ3n) is 2.99. The third kappa shape index (κ3) is 2.90. The Kier molecular flexibility index (Phi) is 3.99. The molecule has 2 aromatic heterocycles. The molecule has 1 unspecified atom stereocenters. The standard InChI is InChI=1S/C14H18N4/c1-3-12(15)6-11-8-17-14(18-9-11)13-4-5-16-7-10(13)2/h4-5,7-9,12H,3,6,15H2,1-2H3. The summed E-state index contributed by atoms with van der Waals surface area (Å²) < 4.78 is 0. The predicted molar refractivity (Wildman–Crippen MR) is 72.0 cm³/mol. The molecule has 0 aliphatic heterocycles. The maximum Gasteiger partial charge on any atom is 0.159 e. The van der Waals surface area contributed by atoms with E-state index >= 15 is 0 Å². The summed E-state index contributed by atoms with van der Waals surface area (Å²) in [7, 11) is 0. The average molecular weight is 242 g/mol. The Balaban J connectivity index is 2.20. The van der Waals surface area contributed by atoms with Crippen molar-refractivity contribution in [2.75, 3.05) is 0 Å². The maximum atomic E-state index is 5.91. The van der Waals surface area contributed by atoms with Gasteiger partial charge in [-0.25, -0.2) is 9.97 Å². The quantitative estimate of drug-likeness (QED) is 0.892. The van der Waals surface area contributed by atoms with Crippen LogP contribution in [0.1, 0.15) is 24.5 Å². The summed E-state index contributed by atoms with van der Waals surface area (Å²) in [6.07, 6.45) is 9.08. The molecule has 0 saturated carbocycles. The molecule has 18 heavy (non-hydrogen) atoms. The van der Waals surface area contributed by atoms with Crippen LogP contribution >= 0.6 is 0 Å². The molecule has 2 heterocycles. The minimum absolute atomic E-state index is 0.183. The van der Waals surface area contributed by atoms with Crippen LogP contribution in [0.3, 0.4) is 0 Å². The minimum atomic E-state index is 0.183. The summed E-state index contributed by atoms with van der Waals surface area (Å²) in [5.74, 6) is 0.740. The van der Waals surface area contributed by atoms with Crippen LogP contribution < -0.4 is 5.73 Å². The van der Waals surface area contributed by atoms with E-state index in [0.29, 0.717) is 0 Å². The molecule has 94 valence electrons. The van der Waals surface area contributed by atoms with Gasteiger partial charge in [-0.15, -0.1) is 0 Å². The highest BCUT2D eigenvalue weighted by atomic mass is 14.9. The molecule has 0 aliphatic carbocycles. The van der Waals surface area contributed by atoms with Crippen molar-refractivity contribution in [3.63, 3.8) is 0 Å². The van der Waals surface area contributed by atoms with Crippen molar-refractivity contribution in [1.29, 1.82) is 0 Å². The first kappa shape index (κ1) is 12.6. The van der Waals surface area contributed by atoms with Crippen LogP contribution in [-0.2, 0) is 6.42 Å². The largest absolute Gasteiger partial charge is 0.327 e. The fourth-order valence-electron chi connectivity index (χ4n) is 1.77. The molecule has 0 radical (unpaired) electrons. The molecule has 0 amide bonds. The van der Waals surface area contributed by atoms with E-state index in [9.17, 15) is 0 Å². The van der Waals surface area contributed by atoms with Crippen molar-refractivity contribution < 1.29 is 0 Å². The van der Waals surface area contributed by atoms with Crippen molar-refractivity contribution in [1.82, 2.24) is 15.0 Å². The number of pyridine rings is 1. The number of hydrogen-bond donors (Lipinski definition) is 1.